The van der Waals surface area contributed by atoms with Gasteiger partial charge in [0.25, 0.3) is 0 Å². The highest BCUT2D eigenvalue weighted by molar-refractivity contribution is 5.83. The van der Waals surface area contributed by atoms with Gasteiger partial charge in [-0.15, -0.1) is 13.2 Å². The topological polar surface area (TPSA) is 41.6 Å². The van der Waals surface area contributed by atoms with Crippen LogP contribution < -0.4 is 10.1 Å². The van der Waals surface area contributed by atoms with Gasteiger partial charge in [-0.1, -0.05) is 18.2 Å². The molecule has 1 amide bonds. The van der Waals surface area contributed by atoms with Gasteiger partial charge in [-0.2, -0.15) is 0 Å². The normalized spacial score (nSPS) is 23.8. The van der Waals surface area contributed by atoms with Crippen LogP contribution in [-0.2, 0) is 4.79 Å². The van der Waals surface area contributed by atoms with Crippen LogP contribution in [0.4, 0.5) is 13.2 Å². The first kappa shape index (κ1) is 19.0. The van der Waals surface area contributed by atoms with E-state index in [1.54, 1.807) is 12.1 Å². The molecule has 2 unspecified atom stereocenters. The highest BCUT2D eigenvalue weighted by Gasteiger charge is 2.48. The molecule has 2 atom stereocenters. The summed E-state index contributed by atoms with van der Waals surface area (Å²) in [6.45, 7) is 2.48. The molecule has 0 aromatic heterocycles. The molecule has 1 aromatic rings. The van der Waals surface area contributed by atoms with Gasteiger partial charge < -0.3 is 15.0 Å². The average molecular weight is 370 g/mol. The third-order valence-corrected chi connectivity index (χ3v) is 5.38. The Morgan fingerprint density at radius 2 is 1.96 bits per heavy atom. The van der Waals surface area contributed by atoms with E-state index in [0.717, 1.165) is 38.9 Å². The second kappa shape index (κ2) is 7.86. The second-order valence-electron chi connectivity index (χ2n) is 7.20. The fourth-order valence-corrected chi connectivity index (χ4v) is 3.84. The van der Waals surface area contributed by atoms with Crippen molar-refractivity contribution in [3.63, 3.8) is 0 Å². The number of nitrogens with one attached hydrogen (secondary N) is 1. The lowest BCUT2D eigenvalue weighted by molar-refractivity contribution is -0.274. The van der Waals surface area contributed by atoms with Crippen LogP contribution in [0.1, 0.15) is 37.2 Å². The van der Waals surface area contributed by atoms with E-state index in [1.807, 2.05) is 11.9 Å². The van der Waals surface area contributed by atoms with Crippen LogP contribution in [0.3, 0.4) is 0 Å². The molecular weight excluding hydrogens is 345 g/mol. The molecular formula is C19H25F3N2O2. The molecule has 1 saturated carbocycles. The largest absolute Gasteiger partial charge is 0.573 e. The summed E-state index contributed by atoms with van der Waals surface area (Å²) in [6.07, 6.45) is -1.01. The summed E-state index contributed by atoms with van der Waals surface area (Å²) >= 11 is 0. The van der Waals surface area contributed by atoms with Crippen molar-refractivity contribution in [2.24, 2.45) is 11.8 Å². The zero-order valence-electron chi connectivity index (χ0n) is 14.9. The number of piperidine rings is 1. The fraction of sp³-hybridized carbons (Fsp3) is 0.632. The smallest absolute Gasteiger partial charge is 0.405 e. The van der Waals surface area contributed by atoms with E-state index in [1.165, 1.54) is 12.1 Å². The average Bonchev–Trinajstić information content (AvgIpc) is 3.39. The minimum Gasteiger partial charge on any atom is -0.405 e. The molecule has 7 heteroatoms. The molecule has 1 aliphatic carbocycles. The van der Waals surface area contributed by atoms with Crippen molar-refractivity contribution in [2.45, 2.75) is 38.0 Å². The van der Waals surface area contributed by atoms with Gasteiger partial charge in [0.05, 0.1) is 0 Å². The van der Waals surface area contributed by atoms with Crippen molar-refractivity contribution in [1.29, 1.82) is 0 Å². The Labute approximate surface area is 151 Å². The first-order chi connectivity index (χ1) is 12.4. The van der Waals surface area contributed by atoms with Crippen molar-refractivity contribution in [2.75, 3.05) is 26.7 Å². The SMILES string of the molecule is CNCCC1CCN(C(=O)C2CC2c2ccccc2OC(F)(F)F)CC1. The van der Waals surface area contributed by atoms with E-state index in [0.29, 0.717) is 17.9 Å². The molecule has 2 aliphatic rings. The fourth-order valence-electron chi connectivity index (χ4n) is 3.84. The Morgan fingerprint density at radius 3 is 2.62 bits per heavy atom. The van der Waals surface area contributed by atoms with Crippen molar-refractivity contribution < 1.29 is 22.7 Å². The second-order valence-corrected chi connectivity index (χ2v) is 7.20. The monoisotopic (exact) mass is 370 g/mol. The molecule has 1 aromatic carbocycles. The minimum absolute atomic E-state index is 0.0730. The summed E-state index contributed by atoms with van der Waals surface area (Å²) in [5.41, 5.74) is 0.479. The van der Waals surface area contributed by atoms with Gasteiger partial charge >= 0.3 is 6.36 Å². The van der Waals surface area contributed by atoms with Gasteiger partial charge in [-0.3, -0.25) is 4.79 Å². The van der Waals surface area contributed by atoms with E-state index in [2.05, 4.69) is 10.1 Å². The lowest BCUT2D eigenvalue weighted by Crippen LogP contribution is -2.40. The first-order valence-electron chi connectivity index (χ1n) is 9.17. The highest BCUT2D eigenvalue weighted by atomic mass is 19.4. The highest BCUT2D eigenvalue weighted by Crippen LogP contribution is 2.52. The maximum Gasteiger partial charge on any atom is 0.573 e. The van der Waals surface area contributed by atoms with Crippen LogP contribution in [0.2, 0.25) is 0 Å². The Hall–Kier alpha value is -1.76. The Bertz CT molecular complexity index is 627. The molecule has 4 nitrogen and oxygen atoms in total. The Kier molecular flexibility index (Phi) is 5.75. The Balaban J connectivity index is 1.57. The number of benzene rings is 1. The molecule has 3 rings (SSSR count). The van der Waals surface area contributed by atoms with Gasteiger partial charge in [0.2, 0.25) is 5.91 Å². The molecule has 0 radical (unpaired) electrons. The number of amides is 1. The number of likely N-dealkylation sites (tertiary alicyclic amines) is 1. The number of alkyl halides is 3. The van der Waals surface area contributed by atoms with Crippen molar-refractivity contribution in [3.8, 4) is 5.75 Å². The predicted molar refractivity (Wildman–Crippen MR) is 91.8 cm³/mol. The summed E-state index contributed by atoms with van der Waals surface area (Å²) in [7, 11) is 1.94. The number of carbonyl (C=O) groups excluding carboxylic acids is 1. The number of hydrogen-bond acceptors (Lipinski definition) is 3. The molecule has 1 aliphatic heterocycles. The molecule has 0 spiro atoms. The van der Waals surface area contributed by atoms with Crippen LogP contribution in [-0.4, -0.2) is 43.9 Å². The van der Waals surface area contributed by atoms with Gasteiger partial charge in [0, 0.05) is 19.0 Å². The Morgan fingerprint density at radius 1 is 1.27 bits per heavy atom. The summed E-state index contributed by atoms with van der Waals surface area (Å²) in [4.78, 5) is 14.6. The number of nitrogens with zero attached hydrogens (tertiary/aromatic N) is 1. The molecule has 2 fully saturated rings. The first-order valence-corrected chi connectivity index (χ1v) is 9.17. The number of halogens is 3. The molecule has 0 bridgehead atoms. The minimum atomic E-state index is -4.72. The summed E-state index contributed by atoms with van der Waals surface area (Å²) in [5.74, 6) is 0.127. The predicted octanol–water partition coefficient (Wildman–Crippen LogP) is 3.54. The molecule has 26 heavy (non-hydrogen) atoms. The van der Waals surface area contributed by atoms with Gasteiger partial charge in [-0.05, 0) is 62.7 Å². The number of rotatable bonds is 6. The van der Waals surface area contributed by atoms with E-state index in [-0.39, 0.29) is 23.5 Å². The maximum atomic E-state index is 12.7. The van der Waals surface area contributed by atoms with Crippen LogP contribution in [0.15, 0.2) is 24.3 Å². The number of ether oxygens (including phenoxy) is 1. The van der Waals surface area contributed by atoms with Crippen LogP contribution in [0.25, 0.3) is 0 Å². The van der Waals surface area contributed by atoms with Crippen LogP contribution in [0, 0.1) is 11.8 Å². The standard InChI is InChI=1S/C19H25F3N2O2/c1-23-9-6-13-7-10-24(11-8-13)18(25)16-12-15(16)14-4-2-3-5-17(14)26-19(20,21)22/h2-5,13,15-16,23H,6-12H2,1H3. The lowest BCUT2D eigenvalue weighted by Gasteiger charge is -2.32. The van der Waals surface area contributed by atoms with Gasteiger partial charge in [0.15, 0.2) is 0 Å². The van der Waals surface area contributed by atoms with E-state index in [9.17, 15) is 18.0 Å². The van der Waals surface area contributed by atoms with E-state index < -0.39 is 6.36 Å². The summed E-state index contributed by atoms with van der Waals surface area (Å²) < 4.78 is 41.9. The lowest BCUT2D eigenvalue weighted by atomic mass is 9.93. The summed E-state index contributed by atoms with van der Waals surface area (Å²) in [6, 6.07) is 6.14. The number of carbonyl (C=O) groups is 1. The van der Waals surface area contributed by atoms with E-state index >= 15 is 0 Å². The van der Waals surface area contributed by atoms with Crippen LogP contribution in [0.5, 0.6) is 5.75 Å². The zero-order valence-corrected chi connectivity index (χ0v) is 14.9. The van der Waals surface area contributed by atoms with Crippen LogP contribution >= 0.6 is 0 Å². The molecule has 1 heterocycles. The summed E-state index contributed by atoms with van der Waals surface area (Å²) in [5, 5.41) is 3.15. The third kappa shape index (κ3) is 4.69. The zero-order chi connectivity index (χ0) is 18.7. The van der Waals surface area contributed by atoms with Crippen molar-refractivity contribution in [3.05, 3.63) is 29.8 Å². The quantitative estimate of drug-likeness (QED) is 0.833. The molecule has 1 saturated heterocycles. The van der Waals surface area contributed by atoms with Crippen molar-refractivity contribution >= 4 is 5.91 Å². The van der Waals surface area contributed by atoms with Crippen molar-refractivity contribution in [1.82, 2.24) is 10.2 Å². The molecule has 144 valence electrons. The number of para-hydroxylation sites is 1. The third-order valence-electron chi connectivity index (χ3n) is 5.38. The van der Waals surface area contributed by atoms with Gasteiger partial charge in [-0.25, -0.2) is 0 Å². The van der Waals surface area contributed by atoms with Gasteiger partial charge in [0.1, 0.15) is 5.75 Å². The van der Waals surface area contributed by atoms with E-state index in [4.69, 9.17) is 0 Å². The maximum absolute atomic E-state index is 12.7. The number of hydrogen-bond donors (Lipinski definition) is 1. The molecule has 1 N–H and O–H groups in total.